The first-order chi connectivity index (χ1) is 8.08. The third-order valence-corrected chi connectivity index (χ3v) is 3.10. The molecule has 0 bridgehead atoms. The Bertz CT molecular complexity index is 466. The lowest BCUT2D eigenvalue weighted by Crippen LogP contribution is -2.20. The minimum absolute atomic E-state index is 0.577. The maximum Gasteiger partial charge on any atom is 0.328 e. The standard InChI is InChI=1S/C13H14ClNO2/c1-15(11-4-5-11)12-6-3-10(14)8-9(12)2-7-13(16)17/h2-3,6-8,11H,4-5H2,1H3,(H,16,17)/b7-2+. The van der Waals surface area contributed by atoms with Gasteiger partial charge in [-0.05, 0) is 42.7 Å². The summed E-state index contributed by atoms with van der Waals surface area (Å²) in [6.45, 7) is 0. The maximum absolute atomic E-state index is 10.6. The van der Waals surface area contributed by atoms with Gasteiger partial charge in [0.05, 0.1) is 0 Å². The van der Waals surface area contributed by atoms with Gasteiger partial charge in [0.2, 0.25) is 0 Å². The number of carboxylic acid groups (broad SMARTS) is 1. The molecule has 1 aliphatic rings. The predicted octanol–water partition coefficient (Wildman–Crippen LogP) is 3.04. The number of anilines is 1. The Hall–Kier alpha value is -1.48. The van der Waals surface area contributed by atoms with E-state index in [-0.39, 0.29) is 0 Å². The molecular weight excluding hydrogens is 238 g/mol. The summed E-state index contributed by atoms with van der Waals surface area (Å²) in [5, 5.41) is 9.28. The quantitative estimate of drug-likeness (QED) is 0.837. The minimum Gasteiger partial charge on any atom is -0.478 e. The van der Waals surface area contributed by atoms with E-state index in [0.717, 1.165) is 17.3 Å². The fraction of sp³-hybridized carbons (Fsp3) is 0.308. The maximum atomic E-state index is 10.6. The van der Waals surface area contributed by atoms with Crippen LogP contribution >= 0.6 is 11.6 Å². The van der Waals surface area contributed by atoms with Crippen LogP contribution in [0.1, 0.15) is 18.4 Å². The Morgan fingerprint density at radius 1 is 1.53 bits per heavy atom. The lowest BCUT2D eigenvalue weighted by Gasteiger charge is -2.21. The Kier molecular flexibility index (Phi) is 3.38. The van der Waals surface area contributed by atoms with Crippen LogP contribution in [-0.4, -0.2) is 24.2 Å². The predicted molar refractivity (Wildman–Crippen MR) is 69.5 cm³/mol. The van der Waals surface area contributed by atoms with Gasteiger partial charge in [0.25, 0.3) is 0 Å². The SMILES string of the molecule is CN(c1ccc(Cl)cc1/C=C/C(=O)O)C1CC1. The molecule has 0 spiro atoms. The van der Waals surface area contributed by atoms with Crippen LogP contribution in [0.5, 0.6) is 0 Å². The zero-order valence-electron chi connectivity index (χ0n) is 9.56. The molecule has 0 saturated heterocycles. The highest BCUT2D eigenvalue weighted by atomic mass is 35.5. The van der Waals surface area contributed by atoms with Gasteiger partial charge in [-0.25, -0.2) is 4.79 Å². The molecule has 90 valence electrons. The van der Waals surface area contributed by atoms with Crippen LogP contribution in [0, 0.1) is 0 Å². The van der Waals surface area contributed by atoms with Crippen molar-refractivity contribution < 1.29 is 9.90 Å². The highest BCUT2D eigenvalue weighted by molar-refractivity contribution is 6.30. The Morgan fingerprint density at radius 3 is 2.82 bits per heavy atom. The van der Waals surface area contributed by atoms with E-state index in [1.165, 1.54) is 12.8 Å². The van der Waals surface area contributed by atoms with Crippen LogP contribution in [0.3, 0.4) is 0 Å². The van der Waals surface area contributed by atoms with E-state index >= 15 is 0 Å². The molecule has 17 heavy (non-hydrogen) atoms. The minimum atomic E-state index is -0.954. The summed E-state index contributed by atoms with van der Waals surface area (Å²) >= 11 is 5.93. The van der Waals surface area contributed by atoms with E-state index in [1.807, 2.05) is 19.2 Å². The van der Waals surface area contributed by atoms with Crippen LogP contribution in [0.25, 0.3) is 6.08 Å². The molecule has 1 aromatic carbocycles. The van der Waals surface area contributed by atoms with Crippen molar-refractivity contribution in [2.45, 2.75) is 18.9 Å². The van der Waals surface area contributed by atoms with Gasteiger partial charge < -0.3 is 10.0 Å². The van der Waals surface area contributed by atoms with Crippen molar-refractivity contribution in [1.82, 2.24) is 0 Å². The molecule has 0 amide bonds. The largest absolute Gasteiger partial charge is 0.478 e. The van der Waals surface area contributed by atoms with Crippen LogP contribution in [0.2, 0.25) is 5.02 Å². The second-order valence-electron chi connectivity index (χ2n) is 4.22. The molecule has 0 aromatic heterocycles. The molecule has 0 atom stereocenters. The summed E-state index contributed by atoms with van der Waals surface area (Å²) in [6, 6.07) is 6.12. The highest BCUT2D eigenvalue weighted by Crippen LogP contribution is 2.33. The van der Waals surface area contributed by atoms with Crippen molar-refractivity contribution in [2.24, 2.45) is 0 Å². The third kappa shape index (κ3) is 3.01. The molecular formula is C13H14ClNO2. The summed E-state index contributed by atoms with van der Waals surface area (Å²) < 4.78 is 0. The van der Waals surface area contributed by atoms with E-state index in [4.69, 9.17) is 16.7 Å². The Morgan fingerprint density at radius 2 is 2.24 bits per heavy atom. The molecule has 1 saturated carbocycles. The number of rotatable bonds is 4. The molecule has 0 aliphatic heterocycles. The smallest absolute Gasteiger partial charge is 0.328 e. The second kappa shape index (κ2) is 4.80. The number of benzene rings is 1. The van der Waals surface area contributed by atoms with Gasteiger partial charge in [-0.2, -0.15) is 0 Å². The van der Waals surface area contributed by atoms with Gasteiger partial charge in [0.15, 0.2) is 0 Å². The van der Waals surface area contributed by atoms with Crippen LogP contribution in [0.15, 0.2) is 24.3 Å². The number of aliphatic carboxylic acids is 1. The average Bonchev–Trinajstić information content (AvgIpc) is 3.09. The van der Waals surface area contributed by atoms with E-state index in [1.54, 1.807) is 12.1 Å². The summed E-state index contributed by atoms with van der Waals surface area (Å²) in [5.74, 6) is -0.954. The number of nitrogens with zero attached hydrogens (tertiary/aromatic N) is 1. The molecule has 3 nitrogen and oxygen atoms in total. The Balaban J connectivity index is 2.32. The molecule has 1 aromatic rings. The van der Waals surface area contributed by atoms with E-state index in [9.17, 15) is 4.79 Å². The van der Waals surface area contributed by atoms with Gasteiger partial charge in [-0.3, -0.25) is 0 Å². The zero-order valence-corrected chi connectivity index (χ0v) is 10.3. The van der Waals surface area contributed by atoms with E-state index in [2.05, 4.69) is 4.90 Å². The van der Waals surface area contributed by atoms with Crippen molar-refractivity contribution in [3.63, 3.8) is 0 Å². The van der Waals surface area contributed by atoms with E-state index < -0.39 is 5.97 Å². The number of hydrogen-bond donors (Lipinski definition) is 1. The van der Waals surface area contributed by atoms with Gasteiger partial charge in [-0.15, -0.1) is 0 Å². The summed E-state index contributed by atoms with van der Waals surface area (Å²) in [5.41, 5.74) is 1.86. The van der Waals surface area contributed by atoms with E-state index in [0.29, 0.717) is 11.1 Å². The molecule has 0 heterocycles. The van der Waals surface area contributed by atoms with Crippen molar-refractivity contribution in [2.75, 3.05) is 11.9 Å². The Labute approximate surface area is 105 Å². The van der Waals surface area contributed by atoms with Crippen molar-refractivity contribution in [3.05, 3.63) is 34.9 Å². The van der Waals surface area contributed by atoms with Crippen molar-refractivity contribution >= 4 is 29.3 Å². The number of halogens is 1. The normalized spacial score (nSPS) is 15.2. The summed E-state index contributed by atoms with van der Waals surface area (Å²) in [6.07, 6.45) is 5.11. The molecule has 1 fully saturated rings. The molecule has 4 heteroatoms. The number of carboxylic acids is 1. The monoisotopic (exact) mass is 251 g/mol. The van der Waals surface area contributed by atoms with Gasteiger partial charge in [-0.1, -0.05) is 11.6 Å². The molecule has 0 unspecified atom stereocenters. The fourth-order valence-electron chi connectivity index (χ4n) is 1.80. The first kappa shape index (κ1) is 12.0. The molecule has 2 rings (SSSR count). The number of hydrogen-bond acceptors (Lipinski definition) is 2. The van der Waals surface area contributed by atoms with Gasteiger partial charge >= 0.3 is 5.97 Å². The fourth-order valence-corrected chi connectivity index (χ4v) is 1.98. The van der Waals surface area contributed by atoms with Crippen molar-refractivity contribution in [3.8, 4) is 0 Å². The number of carbonyl (C=O) groups is 1. The molecule has 1 aliphatic carbocycles. The molecule has 1 N–H and O–H groups in total. The zero-order chi connectivity index (χ0) is 12.4. The lowest BCUT2D eigenvalue weighted by atomic mass is 10.1. The first-order valence-electron chi connectivity index (χ1n) is 5.51. The topological polar surface area (TPSA) is 40.5 Å². The van der Waals surface area contributed by atoms with Crippen LogP contribution < -0.4 is 4.90 Å². The molecule has 0 radical (unpaired) electrons. The van der Waals surface area contributed by atoms with Crippen LogP contribution in [-0.2, 0) is 4.79 Å². The van der Waals surface area contributed by atoms with Gasteiger partial charge in [0, 0.05) is 29.9 Å². The average molecular weight is 252 g/mol. The first-order valence-corrected chi connectivity index (χ1v) is 5.89. The summed E-state index contributed by atoms with van der Waals surface area (Å²) in [4.78, 5) is 12.7. The lowest BCUT2D eigenvalue weighted by molar-refractivity contribution is -0.131. The third-order valence-electron chi connectivity index (χ3n) is 2.87. The van der Waals surface area contributed by atoms with Gasteiger partial charge in [0.1, 0.15) is 0 Å². The highest BCUT2D eigenvalue weighted by Gasteiger charge is 2.27. The second-order valence-corrected chi connectivity index (χ2v) is 4.65. The summed E-state index contributed by atoms with van der Waals surface area (Å²) in [7, 11) is 2.03. The van der Waals surface area contributed by atoms with Crippen LogP contribution in [0.4, 0.5) is 5.69 Å². The van der Waals surface area contributed by atoms with Crippen molar-refractivity contribution in [1.29, 1.82) is 0 Å².